The number of amides is 1. The number of rotatable bonds is 5. The minimum absolute atomic E-state index is 0.0686. The second-order valence-electron chi connectivity index (χ2n) is 5.66. The highest BCUT2D eigenvalue weighted by Gasteiger charge is 2.18. The summed E-state index contributed by atoms with van der Waals surface area (Å²) in [5, 5.41) is 3.33. The molecule has 3 aromatic rings. The lowest BCUT2D eigenvalue weighted by molar-refractivity contribution is 0.102. The predicted octanol–water partition coefficient (Wildman–Crippen LogP) is 4.16. The minimum atomic E-state index is -0.694. The van der Waals surface area contributed by atoms with Gasteiger partial charge in [-0.25, -0.2) is 9.78 Å². The van der Waals surface area contributed by atoms with Gasteiger partial charge >= 0.3 is 5.63 Å². The van der Waals surface area contributed by atoms with Crippen LogP contribution in [-0.4, -0.2) is 18.0 Å². The summed E-state index contributed by atoms with van der Waals surface area (Å²) in [5.41, 5.74) is 0.988. The average Bonchev–Trinajstić information content (AvgIpc) is 2.63. The molecule has 3 rings (SSSR count). The maximum absolute atomic E-state index is 12.5. The SMILES string of the molecule is CCCc1c(OC)ccc2cc(C(=O)Nc3cccnc3Br)c(=O)oc12. The van der Waals surface area contributed by atoms with Crippen molar-refractivity contribution >= 4 is 38.5 Å². The summed E-state index contributed by atoms with van der Waals surface area (Å²) in [7, 11) is 1.58. The van der Waals surface area contributed by atoms with Gasteiger partial charge in [0.2, 0.25) is 0 Å². The lowest BCUT2D eigenvalue weighted by atomic mass is 10.0. The molecule has 1 amide bonds. The van der Waals surface area contributed by atoms with Gasteiger partial charge in [0.15, 0.2) is 0 Å². The van der Waals surface area contributed by atoms with Gasteiger partial charge in [-0.2, -0.15) is 0 Å². The molecule has 0 radical (unpaired) electrons. The van der Waals surface area contributed by atoms with Gasteiger partial charge in [-0.3, -0.25) is 4.79 Å². The Morgan fingerprint density at radius 2 is 2.15 bits per heavy atom. The van der Waals surface area contributed by atoms with Gasteiger partial charge in [-0.1, -0.05) is 13.3 Å². The number of aryl methyl sites for hydroxylation is 1. The smallest absolute Gasteiger partial charge is 0.349 e. The summed E-state index contributed by atoms with van der Waals surface area (Å²) in [5.74, 6) is 0.112. The third-order valence-corrected chi connectivity index (χ3v) is 4.57. The molecule has 0 saturated heterocycles. The fourth-order valence-electron chi connectivity index (χ4n) is 2.73. The van der Waals surface area contributed by atoms with Crippen LogP contribution >= 0.6 is 15.9 Å². The molecular formula is C19H17BrN2O4. The van der Waals surface area contributed by atoms with Crippen LogP contribution in [0.3, 0.4) is 0 Å². The minimum Gasteiger partial charge on any atom is -0.496 e. The Morgan fingerprint density at radius 3 is 2.85 bits per heavy atom. The molecule has 0 spiro atoms. The third-order valence-electron chi connectivity index (χ3n) is 3.93. The molecule has 0 saturated carbocycles. The van der Waals surface area contributed by atoms with E-state index in [0.717, 1.165) is 12.0 Å². The third kappa shape index (κ3) is 3.48. The fourth-order valence-corrected chi connectivity index (χ4v) is 3.08. The number of pyridine rings is 1. The maximum Gasteiger partial charge on any atom is 0.349 e. The first-order chi connectivity index (χ1) is 12.5. The molecule has 26 heavy (non-hydrogen) atoms. The summed E-state index contributed by atoms with van der Waals surface area (Å²) in [6.07, 6.45) is 3.17. The van der Waals surface area contributed by atoms with Crippen molar-refractivity contribution in [1.82, 2.24) is 4.98 Å². The largest absolute Gasteiger partial charge is 0.496 e. The van der Waals surface area contributed by atoms with E-state index in [4.69, 9.17) is 9.15 Å². The summed E-state index contributed by atoms with van der Waals surface area (Å²) in [4.78, 5) is 29.0. The van der Waals surface area contributed by atoms with Gasteiger partial charge in [0.25, 0.3) is 5.91 Å². The van der Waals surface area contributed by atoms with Gasteiger partial charge in [0.1, 0.15) is 21.5 Å². The van der Waals surface area contributed by atoms with Crippen molar-refractivity contribution < 1.29 is 13.9 Å². The molecule has 7 heteroatoms. The first-order valence-corrected chi connectivity index (χ1v) is 8.90. The molecule has 2 aromatic heterocycles. The van der Waals surface area contributed by atoms with Gasteiger partial charge in [0.05, 0.1) is 12.8 Å². The highest BCUT2D eigenvalue weighted by atomic mass is 79.9. The van der Waals surface area contributed by atoms with Gasteiger partial charge in [-0.15, -0.1) is 0 Å². The summed E-state index contributed by atoms with van der Waals surface area (Å²) in [6, 6.07) is 8.49. The lowest BCUT2D eigenvalue weighted by Crippen LogP contribution is -2.21. The summed E-state index contributed by atoms with van der Waals surface area (Å²) < 4.78 is 11.3. The van der Waals surface area contributed by atoms with Gasteiger partial charge in [-0.05, 0) is 52.7 Å². The van der Waals surface area contributed by atoms with E-state index in [2.05, 4.69) is 26.2 Å². The molecule has 0 unspecified atom stereocenters. The predicted molar refractivity (Wildman–Crippen MR) is 103 cm³/mol. The zero-order valence-corrected chi connectivity index (χ0v) is 15.9. The van der Waals surface area contributed by atoms with Crippen LogP contribution in [-0.2, 0) is 6.42 Å². The first kappa shape index (κ1) is 18.1. The zero-order chi connectivity index (χ0) is 18.7. The maximum atomic E-state index is 12.5. The van der Waals surface area contributed by atoms with E-state index < -0.39 is 11.5 Å². The number of benzene rings is 1. The molecule has 0 aliphatic carbocycles. The van der Waals surface area contributed by atoms with Crippen molar-refractivity contribution in [3.05, 3.63) is 62.7 Å². The second-order valence-corrected chi connectivity index (χ2v) is 6.41. The van der Waals surface area contributed by atoms with Crippen LogP contribution in [0, 0.1) is 0 Å². The van der Waals surface area contributed by atoms with Crippen LogP contribution in [0.25, 0.3) is 11.0 Å². The van der Waals surface area contributed by atoms with Crippen molar-refractivity contribution in [2.24, 2.45) is 0 Å². The molecule has 0 atom stereocenters. The monoisotopic (exact) mass is 416 g/mol. The first-order valence-electron chi connectivity index (χ1n) is 8.10. The number of hydrogen-bond acceptors (Lipinski definition) is 5. The fraction of sp³-hybridized carbons (Fsp3) is 0.211. The van der Waals surface area contributed by atoms with Crippen LogP contribution < -0.4 is 15.7 Å². The molecule has 1 N–H and O–H groups in total. The van der Waals surface area contributed by atoms with Crippen molar-refractivity contribution in [3.8, 4) is 5.75 Å². The lowest BCUT2D eigenvalue weighted by Gasteiger charge is -2.11. The van der Waals surface area contributed by atoms with Crippen LogP contribution in [0.1, 0.15) is 29.3 Å². The Hall–Kier alpha value is -2.67. The Bertz CT molecular complexity index is 1030. The summed E-state index contributed by atoms with van der Waals surface area (Å²) in [6.45, 7) is 2.03. The van der Waals surface area contributed by atoms with E-state index in [0.29, 0.717) is 33.4 Å². The number of anilines is 1. The normalized spacial score (nSPS) is 10.7. The number of ether oxygens (including phenoxy) is 1. The number of halogens is 1. The Balaban J connectivity index is 2.05. The van der Waals surface area contributed by atoms with E-state index in [9.17, 15) is 9.59 Å². The standard InChI is InChI=1S/C19H17BrN2O4/c1-3-5-12-15(25-2)8-7-11-10-13(19(24)26-16(11)12)18(23)22-14-6-4-9-21-17(14)20/h4,6-10H,3,5H2,1-2H3,(H,22,23). The summed E-state index contributed by atoms with van der Waals surface area (Å²) >= 11 is 3.26. The number of nitrogens with zero attached hydrogens (tertiary/aromatic N) is 1. The Morgan fingerprint density at radius 1 is 1.35 bits per heavy atom. The van der Waals surface area contributed by atoms with Crippen molar-refractivity contribution in [2.45, 2.75) is 19.8 Å². The molecule has 0 bridgehead atoms. The number of carbonyl (C=O) groups is 1. The van der Waals surface area contributed by atoms with Crippen molar-refractivity contribution in [3.63, 3.8) is 0 Å². The second kappa shape index (κ2) is 7.70. The Labute approximate surface area is 158 Å². The van der Waals surface area contributed by atoms with E-state index in [1.165, 1.54) is 0 Å². The molecule has 1 aromatic carbocycles. The van der Waals surface area contributed by atoms with Crippen LogP contribution in [0.5, 0.6) is 5.75 Å². The van der Waals surface area contributed by atoms with Gasteiger partial charge in [0, 0.05) is 17.1 Å². The van der Waals surface area contributed by atoms with Crippen LogP contribution in [0.2, 0.25) is 0 Å². The Kier molecular flexibility index (Phi) is 5.37. The quantitative estimate of drug-likeness (QED) is 0.498. The molecular weight excluding hydrogens is 400 g/mol. The van der Waals surface area contributed by atoms with Crippen LogP contribution in [0.15, 0.2) is 50.3 Å². The molecule has 2 heterocycles. The van der Waals surface area contributed by atoms with Gasteiger partial charge < -0.3 is 14.5 Å². The topological polar surface area (TPSA) is 81.4 Å². The van der Waals surface area contributed by atoms with E-state index >= 15 is 0 Å². The molecule has 0 aliphatic rings. The molecule has 0 aliphatic heterocycles. The zero-order valence-electron chi connectivity index (χ0n) is 14.3. The number of hydrogen-bond donors (Lipinski definition) is 1. The molecule has 134 valence electrons. The molecule has 0 fully saturated rings. The number of nitrogens with one attached hydrogen (secondary N) is 1. The molecule has 6 nitrogen and oxygen atoms in total. The number of carbonyl (C=O) groups excluding carboxylic acids is 1. The van der Waals surface area contributed by atoms with E-state index in [1.54, 1.807) is 37.6 Å². The van der Waals surface area contributed by atoms with E-state index in [-0.39, 0.29) is 5.56 Å². The highest BCUT2D eigenvalue weighted by Crippen LogP contribution is 2.29. The van der Waals surface area contributed by atoms with Crippen molar-refractivity contribution in [2.75, 3.05) is 12.4 Å². The highest BCUT2D eigenvalue weighted by molar-refractivity contribution is 9.10. The van der Waals surface area contributed by atoms with Crippen LogP contribution in [0.4, 0.5) is 5.69 Å². The number of methoxy groups -OCH3 is 1. The van der Waals surface area contributed by atoms with Crippen molar-refractivity contribution in [1.29, 1.82) is 0 Å². The average molecular weight is 417 g/mol. The van der Waals surface area contributed by atoms with E-state index in [1.807, 2.05) is 13.0 Å². The number of aromatic nitrogens is 1. The number of fused-ring (bicyclic) bond motifs is 1.